The molecular weight excluding hydrogens is 462 g/mol. The highest BCUT2D eigenvalue weighted by Gasteiger charge is 2.48. The Kier molecular flexibility index (Phi) is 6.29. The number of piperidine rings is 1. The summed E-state index contributed by atoms with van der Waals surface area (Å²) in [6.45, 7) is -0.133. The number of furan rings is 1. The summed E-state index contributed by atoms with van der Waals surface area (Å²) >= 11 is 0. The van der Waals surface area contributed by atoms with Gasteiger partial charge in [0.25, 0.3) is 5.91 Å². The zero-order valence-electron chi connectivity index (χ0n) is 16.5. The quantitative estimate of drug-likeness (QED) is 0.542. The fraction of sp³-hybridized carbons (Fsp3) is 0.316. The van der Waals surface area contributed by atoms with Crippen LogP contribution in [0.1, 0.15) is 22.5 Å². The first kappa shape index (κ1) is 23.9. The van der Waals surface area contributed by atoms with Gasteiger partial charge in [0.05, 0.1) is 24.1 Å². The van der Waals surface area contributed by atoms with Crippen LogP contribution < -0.4 is 11.1 Å². The van der Waals surface area contributed by atoms with E-state index in [2.05, 4.69) is 10.3 Å². The summed E-state index contributed by atoms with van der Waals surface area (Å²) in [7, 11) is 0. The van der Waals surface area contributed by atoms with Crippen molar-refractivity contribution in [1.82, 2.24) is 4.90 Å². The van der Waals surface area contributed by atoms with Crippen LogP contribution in [0.25, 0.3) is 0 Å². The van der Waals surface area contributed by atoms with Crippen molar-refractivity contribution in [3.63, 3.8) is 0 Å². The number of anilines is 1. The van der Waals surface area contributed by atoms with Gasteiger partial charge in [-0.15, -0.1) is 0 Å². The number of carboxylic acid groups (broad SMARTS) is 1. The second-order valence-corrected chi connectivity index (χ2v) is 7.07. The number of alkyl halides is 4. The predicted octanol–water partition coefficient (Wildman–Crippen LogP) is 2.90. The largest absolute Gasteiger partial charge is 0.490 e. The second-order valence-electron chi connectivity index (χ2n) is 7.07. The molecule has 2 atom stereocenters. The summed E-state index contributed by atoms with van der Waals surface area (Å²) in [4.78, 5) is 26.6. The van der Waals surface area contributed by atoms with E-state index >= 15 is 4.39 Å². The number of nitrogens with zero attached hydrogens (tertiary/aromatic N) is 2. The van der Waals surface area contributed by atoms with E-state index in [1.807, 2.05) is 0 Å². The first-order valence-corrected chi connectivity index (χ1v) is 9.24. The number of amidine groups is 1. The van der Waals surface area contributed by atoms with Crippen molar-refractivity contribution < 1.29 is 45.5 Å². The minimum absolute atomic E-state index is 0.0384. The molecule has 33 heavy (non-hydrogen) atoms. The molecule has 0 bridgehead atoms. The molecule has 1 aromatic heterocycles. The maximum Gasteiger partial charge on any atom is 0.490 e. The van der Waals surface area contributed by atoms with Gasteiger partial charge >= 0.3 is 12.1 Å². The number of carbonyl (C=O) groups is 2. The summed E-state index contributed by atoms with van der Waals surface area (Å²) < 4.78 is 79.9. The Bertz CT molecular complexity index is 1090. The van der Waals surface area contributed by atoms with Gasteiger partial charge in [-0.05, 0) is 24.3 Å². The lowest BCUT2D eigenvalue weighted by Crippen LogP contribution is -2.60. The van der Waals surface area contributed by atoms with Crippen molar-refractivity contribution in [3.05, 3.63) is 53.5 Å². The molecule has 14 heteroatoms. The third kappa shape index (κ3) is 4.73. The average Bonchev–Trinajstić information content (AvgIpc) is 3.27. The van der Waals surface area contributed by atoms with E-state index in [-0.39, 0.29) is 42.4 Å². The van der Waals surface area contributed by atoms with Gasteiger partial charge in [-0.3, -0.25) is 4.79 Å². The van der Waals surface area contributed by atoms with Gasteiger partial charge in [-0.25, -0.2) is 23.0 Å². The van der Waals surface area contributed by atoms with E-state index in [4.69, 9.17) is 20.1 Å². The lowest BCUT2D eigenvalue weighted by molar-refractivity contribution is -0.192. The fourth-order valence-corrected chi connectivity index (χ4v) is 3.34. The molecule has 1 saturated heterocycles. The smallest absolute Gasteiger partial charge is 0.475 e. The summed E-state index contributed by atoms with van der Waals surface area (Å²) in [5.41, 5.74) is 3.82. The first-order valence-electron chi connectivity index (χ1n) is 9.24. The SMILES string of the molecule is NC1=NC2(CCN(C(=O)c3ccco3)CC2F)Nc2c(F)ccc(F)c21.O=C(O)C(F)(F)F. The van der Waals surface area contributed by atoms with Crippen molar-refractivity contribution in [2.45, 2.75) is 24.4 Å². The molecule has 1 amide bonds. The predicted molar refractivity (Wildman–Crippen MR) is 101 cm³/mol. The van der Waals surface area contributed by atoms with Gasteiger partial charge in [0.15, 0.2) is 17.6 Å². The van der Waals surface area contributed by atoms with Crippen LogP contribution in [0.3, 0.4) is 0 Å². The molecule has 1 fully saturated rings. The van der Waals surface area contributed by atoms with Gasteiger partial charge in [0.1, 0.15) is 17.5 Å². The summed E-state index contributed by atoms with van der Waals surface area (Å²) in [5.74, 6) is -4.87. The summed E-state index contributed by atoms with van der Waals surface area (Å²) in [6, 6.07) is 4.93. The molecule has 4 N–H and O–H groups in total. The Morgan fingerprint density at radius 3 is 2.42 bits per heavy atom. The molecule has 2 aliphatic rings. The van der Waals surface area contributed by atoms with E-state index < -0.39 is 41.5 Å². The van der Waals surface area contributed by atoms with Gasteiger partial charge in [-0.1, -0.05) is 0 Å². The number of carbonyl (C=O) groups excluding carboxylic acids is 1. The number of hydrogen-bond donors (Lipinski definition) is 3. The van der Waals surface area contributed by atoms with Crippen LogP contribution in [0.4, 0.5) is 32.0 Å². The minimum atomic E-state index is -5.08. The zero-order valence-corrected chi connectivity index (χ0v) is 16.5. The highest BCUT2D eigenvalue weighted by molar-refractivity contribution is 6.04. The highest BCUT2D eigenvalue weighted by atomic mass is 19.4. The molecule has 2 unspecified atom stereocenters. The van der Waals surface area contributed by atoms with Crippen LogP contribution in [-0.2, 0) is 4.79 Å². The number of rotatable bonds is 1. The molecule has 0 radical (unpaired) electrons. The van der Waals surface area contributed by atoms with Crippen LogP contribution in [-0.4, -0.2) is 58.8 Å². The Balaban J connectivity index is 0.000000383. The molecule has 4 rings (SSSR count). The Labute approximate surface area is 181 Å². The number of carboxylic acids is 1. The highest BCUT2D eigenvalue weighted by Crippen LogP contribution is 2.38. The molecule has 178 valence electrons. The standard InChI is InChI=1S/C17H15F3N4O2.C2HF3O2/c18-9-3-4-10(19)14-13(9)15(21)23-17(22-14)5-6-24(8-12(17)20)16(25)11-2-1-7-26-11;3-2(4,5)1(6)7/h1-4,7,12,22H,5-6,8H2,(H2,21,23);(H,6,7). The molecule has 8 nitrogen and oxygen atoms in total. The van der Waals surface area contributed by atoms with E-state index in [1.165, 1.54) is 17.2 Å². The Hall–Kier alpha value is -3.71. The van der Waals surface area contributed by atoms with Crippen molar-refractivity contribution in [3.8, 4) is 0 Å². The molecule has 2 aliphatic heterocycles. The van der Waals surface area contributed by atoms with Gasteiger partial charge in [-0.2, -0.15) is 13.2 Å². The second kappa shape index (κ2) is 8.67. The van der Waals surface area contributed by atoms with Crippen molar-refractivity contribution in [2.24, 2.45) is 10.7 Å². The van der Waals surface area contributed by atoms with Gasteiger partial charge < -0.3 is 25.5 Å². The van der Waals surface area contributed by atoms with Gasteiger partial charge in [0, 0.05) is 13.0 Å². The molecule has 3 heterocycles. The third-order valence-electron chi connectivity index (χ3n) is 4.94. The molecule has 0 saturated carbocycles. The molecular formula is C19H16F6N4O4. The zero-order chi connectivity index (χ0) is 24.6. The Morgan fingerprint density at radius 2 is 1.88 bits per heavy atom. The van der Waals surface area contributed by atoms with Crippen molar-refractivity contribution in [2.75, 3.05) is 18.4 Å². The van der Waals surface area contributed by atoms with Crippen molar-refractivity contribution >= 4 is 23.4 Å². The number of halogens is 6. The van der Waals surface area contributed by atoms with Crippen LogP contribution in [0.2, 0.25) is 0 Å². The topological polar surface area (TPSA) is 121 Å². The van der Waals surface area contributed by atoms with E-state index in [0.717, 1.165) is 12.1 Å². The van der Waals surface area contributed by atoms with Crippen LogP contribution in [0.5, 0.6) is 0 Å². The van der Waals surface area contributed by atoms with E-state index in [1.54, 1.807) is 6.07 Å². The third-order valence-corrected chi connectivity index (χ3v) is 4.94. The van der Waals surface area contributed by atoms with Crippen LogP contribution >= 0.6 is 0 Å². The van der Waals surface area contributed by atoms with Crippen molar-refractivity contribution in [1.29, 1.82) is 0 Å². The lowest BCUT2D eigenvalue weighted by atomic mass is 9.91. The number of fused-ring (bicyclic) bond motifs is 1. The number of nitrogens with one attached hydrogen (secondary N) is 1. The van der Waals surface area contributed by atoms with E-state index in [9.17, 15) is 26.7 Å². The van der Waals surface area contributed by atoms with Crippen LogP contribution in [0, 0.1) is 11.6 Å². The molecule has 0 aliphatic carbocycles. The number of benzene rings is 1. The maximum absolute atomic E-state index is 15.0. The Morgan fingerprint density at radius 1 is 1.24 bits per heavy atom. The minimum Gasteiger partial charge on any atom is -0.475 e. The number of hydrogen-bond acceptors (Lipinski definition) is 6. The van der Waals surface area contributed by atoms with Gasteiger partial charge in [0.2, 0.25) is 0 Å². The maximum atomic E-state index is 15.0. The number of aliphatic imine (C=N–C) groups is 1. The average molecular weight is 478 g/mol. The number of nitrogens with two attached hydrogens (primary N) is 1. The number of aliphatic carboxylic acids is 1. The van der Waals surface area contributed by atoms with Crippen LogP contribution in [0.15, 0.2) is 39.9 Å². The summed E-state index contributed by atoms with van der Waals surface area (Å²) in [6.07, 6.45) is -5.37. The van der Waals surface area contributed by atoms with E-state index in [0.29, 0.717) is 0 Å². The summed E-state index contributed by atoms with van der Waals surface area (Å²) in [5, 5.41) is 9.80. The fourth-order valence-electron chi connectivity index (χ4n) is 3.34. The normalized spacial score (nSPS) is 21.9. The first-order chi connectivity index (χ1) is 15.4. The number of amides is 1. The molecule has 1 spiro atoms. The number of likely N-dealkylation sites (tertiary alicyclic amines) is 1. The molecule has 2 aromatic rings. The monoisotopic (exact) mass is 478 g/mol. The lowest BCUT2D eigenvalue weighted by Gasteiger charge is -2.44. The molecule has 1 aromatic carbocycles.